The second-order valence-electron chi connectivity index (χ2n) is 21.5. The third-order valence-corrected chi connectivity index (χ3v) is 17.0. The molecule has 0 aliphatic heterocycles. The maximum atomic E-state index is 6.59. The number of rotatable bonds is 9. The monoisotopic (exact) mass is 1130 g/mol. The molecule has 3 saturated carbocycles. The van der Waals surface area contributed by atoms with Gasteiger partial charge in [-0.1, -0.05) is 150 Å². The predicted octanol–water partition coefficient (Wildman–Crippen LogP) is 17.3. The molecule has 3 fully saturated rings. The Hall–Kier alpha value is -5.78. The first kappa shape index (κ1) is 51.6. The molecule has 3 aliphatic carbocycles. The van der Waals surface area contributed by atoms with Crippen LogP contribution in [0.1, 0.15) is 92.2 Å². The average Bonchev–Trinajstić information content (AvgIpc) is 3.75. The van der Waals surface area contributed by atoms with Crippen molar-refractivity contribution in [1.29, 1.82) is 0 Å². The van der Waals surface area contributed by atoms with Crippen molar-refractivity contribution in [2.75, 3.05) is 0 Å². The molecule has 4 nitrogen and oxygen atoms in total. The Kier molecular flexibility index (Phi) is 16.5. The number of para-hydroxylation sites is 1. The van der Waals surface area contributed by atoms with Crippen LogP contribution >= 0.6 is 0 Å². The van der Waals surface area contributed by atoms with Crippen LogP contribution in [0.25, 0.3) is 66.8 Å². The fraction of sp³-hybridized carbons (Fsp3) is 0.308. The Bertz CT molecular complexity index is 3200. The summed E-state index contributed by atoms with van der Waals surface area (Å²) in [6, 6.07) is 49.4. The molecule has 71 heavy (non-hydrogen) atoms. The summed E-state index contributed by atoms with van der Waals surface area (Å²) in [6.07, 6.45) is 15.4. The van der Waals surface area contributed by atoms with Gasteiger partial charge in [0, 0.05) is 66.2 Å². The number of aryl methyl sites for hydroxylation is 4. The third kappa shape index (κ3) is 12.0. The zero-order valence-electron chi connectivity index (χ0n) is 43.4. The number of benzene rings is 5. The molecule has 1 atom stereocenters. The Balaban J connectivity index is 0.000000166. The number of aromatic nitrogens is 3. The van der Waals surface area contributed by atoms with Crippen LogP contribution in [-0.2, 0) is 32.9 Å². The standard InChI is InChI=1S/C35H35NO.C17H23NSi.C13H13N.Ir/c1-21-15-22(2)34(23(3)16-21)27-11-12-29-30-5-4-6-31(35(30)37-33(29)20-27)32-19-25(13-14-36-32)18-28-17-24-7-9-26(28)10-8-24;1-13(2)15-11-16(14-9-7-6-8-10-14)18-12-17(15)19(3,4)5;1-2-11-8-9-14-13(10-11)12-6-4-3-5-7-12;/h4-6,11-16,19-20,24,26,28H,7-10,17-18H2,1-3H3;6-13H,1-5H3;3-10H,2H2,1H3;. The number of hydrogen-bond acceptors (Lipinski definition) is 4. The molecule has 3 aliphatic rings. The minimum Gasteiger partial charge on any atom is -0.455 e. The minimum atomic E-state index is -1.33. The van der Waals surface area contributed by atoms with Crippen molar-refractivity contribution >= 4 is 35.2 Å². The van der Waals surface area contributed by atoms with Gasteiger partial charge in [-0.3, -0.25) is 15.0 Å². The average molecular weight is 1130 g/mol. The van der Waals surface area contributed by atoms with Gasteiger partial charge in [0.1, 0.15) is 11.2 Å². The van der Waals surface area contributed by atoms with Crippen LogP contribution in [0.3, 0.4) is 0 Å². The molecule has 4 heterocycles. The van der Waals surface area contributed by atoms with Crippen LogP contribution in [-0.4, -0.2) is 23.0 Å². The molecule has 12 rings (SSSR count). The van der Waals surface area contributed by atoms with Gasteiger partial charge in [0.15, 0.2) is 0 Å². The van der Waals surface area contributed by atoms with E-state index in [4.69, 9.17) is 14.4 Å². The van der Waals surface area contributed by atoms with E-state index in [2.05, 4.69) is 188 Å². The van der Waals surface area contributed by atoms with Crippen molar-refractivity contribution in [2.24, 2.45) is 17.8 Å². The molecule has 2 bridgehead atoms. The largest absolute Gasteiger partial charge is 0.455 e. The molecule has 0 N–H and O–H groups in total. The maximum Gasteiger partial charge on any atom is 0.144 e. The zero-order chi connectivity index (χ0) is 48.9. The minimum absolute atomic E-state index is 0. The van der Waals surface area contributed by atoms with E-state index in [0.29, 0.717) is 5.92 Å². The topological polar surface area (TPSA) is 51.8 Å². The number of pyridine rings is 3. The van der Waals surface area contributed by atoms with E-state index in [-0.39, 0.29) is 20.1 Å². The number of nitrogens with zero attached hydrogens (tertiary/aromatic N) is 3. The Morgan fingerprint density at radius 1 is 0.606 bits per heavy atom. The van der Waals surface area contributed by atoms with Crippen LogP contribution < -0.4 is 5.19 Å². The van der Waals surface area contributed by atoms with Crippen LogP contribution in [0.5, 0.6) is 0 Å². The summed E-state index contributed by atoms with van der Waals surface area (Å²) in [6.45, 7) is 20.4. The second-order valence-corrected chi connectivity index (χ2v) is 26.5. The van der Waals surface area contributed by atoms with E-state index in [1.54, 1.807) is 0 Å². The van der Waals surface area contributed by atoms with Gasteiger partial charge in [0.2, 0.25) is 0 Å². The molecule has 4 aromatic heterocycles. The molecule has 6 heteroatoms. The van der Waals surface area contributed by atoms with E-state index in [9.17, 15) is 0 Å². The zero-order valence-corrected chi connectivity index (χ0v) is 46.7. The molecule has 0 spiro atoms. The molecule has 1 radical (unpaired) electrons. The van der Waals surface area contributed by atoms with Crippen molar-refractivity contribution in [2.45, 2.75) is 112 Å². The Morgan fingerprint density at radius 3 is 1.83 bits per heavy atom. The fourth-order valence-corrected chi connectivity index (χ4v) is 13.1. The summed E-state index contributed by atoms with van der Waals surface area (Å²) in [5.41, 5.74) is 19.2. The summed E-state index contributed by atoms with van der Waals surface area (Å²) in [5, 5.41) is 3.81. The Morgan fingerprint density at radius 2 is 1.23 bits per heavy atom. The molecular formula is C65H71IrN3OSi. The first-order valence-electron chi connectivity index (χ1n) is 25.9. The quantitative estimate of drug-likeness (QED) is 0.135. The van der Waals surface area contributed by atoms with Gasteiger partial charge in [-0.25, -0.2) is 0 Å². The molecule has 365 valence electrons. The summed E-state index contributed by atoms with van der Waals surface area (Å²) < 4.78 is 6.59. The molecule has 0 saturated heterocycles. The van der Waals surface area contributed by atoms with Gasteiger partial charge in [-0.2, -0.15) is 0 Å². The predicted molar refractivity (Wildman–Crippen MR) is 300 cm³/mol. The van der Waals surface area contributed by atoms with Crippen molar-refractivity contribution in [3.05, 3.63) is 191 Å². The van der Waals surface area contributed by atoms with Crippen molar-refractivity contribution in [3.63, 3.8) is 0 Å². The summed E-state index contributed by atoms with van der Waals surface area (Å²) in [4.78, 5) is 13.9. The second kappa shape index (κ2) is 22.7. The summed E-state index contributed by atoms with van der Waals surface area (Å²) in [5.74, 6) is 3.29. The first-order valence-corrected chi connectivity index (χ1v) is 29.4. The first-order chi connectivity index (χ1) is 33.8. The van der Waals surface area contributed by atoms with E-state index >= 15 is 0 Å². The van der Waals surface area contributed by atoms with Crippen LogP contribution in [0, 0.1) is 38.5 Å². The van der Waals surface area contributed by atoms with Crippen molar-refractivity contribution in [3.8, 4) is 44.9 Å². The third-order valence-electron chi connectivity index (χ3n) is 15.0. The molecule has 9 aromatic rings. The smallest absolute Gasteiger partial charge is 0.144 e. The number of furan rings is 1. The summed E-state index contributed by atoms with van der Waals surface area (Å²) in [7, 11) is -1.33. The molecular weight excluding hydrogens is 1060 g/mol. The van der Waals surface area contributed by atoms with Gasteiger partial charge < -0.3 is 4.42 Å². The van der Waals surface area contributed by atoms with Crippen molar-refractivity contribution in [1.82, 2.24) is 15.0 Å². The van der Waals surface area contributed by atoms with Gasteiger partial charge in [0.05, 0.1) is 25.2 Å². The van der Waals surface area contributed by atoms with Gasteiger partial charge in [-0.05, 0) is 169 Å². The number of fused-ring (bicyclic) bond motifs is 6. The molecule has 5 aromatic carbocycles. The summed E-state index contributed by atoms with van der Waals surface area (Å²) >= 11 is 0. The van der Waals surface area contributed by atoms with Crippen LogP contribution in [0.15, 0.2) is 163 Å². The van der Waals surface area contributed by atoms with E-state index < -0.39 is 8.07 Å². The van der Waals surface area contributed by atoms with Crippen LogP contribution in [0.2, 0.25) is 19.6 Å². The van der Waals surface area contributed by atoms with Gasteiger partial charge in [-0.15, -0.1) is 0 Å². The Labute approximate surface area is 438 Å². The van der Waals surface area contributed by atoms with Gasteiger partial charge >= 0.3 is 0 Å². The fourth-order valence-electron chi connectivity index (χ4n) is 11.4. The molecule has 1 unspecified atom stereocenters. The van der Waals surface area contributed by atoms with E-state index in [0.717, 1.165) is 68.8 Å². The molecule has 0 amide bonds. The normalized spacial score (nSPS) is 16.2. The van der Waals surface area contributed by atoms with E-state index in [1.165, 1.54) is 99.3 Å². The number of hydrogen-bond donors (Lipinski definition) is 0. The van der Waals surface area contributed by atoms with Crippen molar-refractivity contribution < 1.29 is 24.5 Å². The van der Waals surface area contributed by atoms with Gasteiger partial charge in [0.25, 0.3) is 0 Å². The maximum absolute atomic E-state index is 6.59. The van der Waals surface area contributed by atoms with E-state index in [1.807, 2.05) is 36.7 Å². The SMILES string of the molecule is CC(C)c1cc(-c2ccccc2)ncc1[Si](C)(C)C.CCc1ccnc(-c2ccccc2)c1.Cc1cc(C)c(-c2ccc3c(c2)oc2c(-c4cc(CC5CC6CCC5CC6)ccn4)cccc23)c(C)c1.[Ir]. The van der Waals surface area contributed by atoms with Crippen LogP contribution in [0.4, 0.5) is 0 Å².